The topological polar surface area (TPSA) is 48.0 Å². The van der Waals surface area contributed by atoms with Crippen LogP contribution in [0.1, 0.15) is 24.8 Å². The summed E-state index contributed by atoms with van der Waals surface area (Å²) in [6.07, 6.45) is 3.85. The maximum atomic E-state index is 12.7. The summed E-state index contributed by atoms with van der Waals surface area (Å²) in [5.74, 6) is 1.59. The second-order valence-corrected chi connectivity index (χ2v) is 5.85. The Kier molecular flexibility index (Phi) is 4.52. The van der Waals surface area contributed by atoms with E-state index in [1.54, 1.807) is 14.2 Å². The van der Waals surface area contributed by atoms with Crippen LogP contribution in [0.4, 0.5) is 0 Å². The molecule has 1 saturated heterocycles. The number of hydrogen-bond acceptors (Lipinski definition) is 4. The van der Waals surface area contributed by atoms with E-state index in [1.807, 2.05) is 23.1 Å². The second kappa shape index (κ2) is 6.57. The smallest absolute Gasteiger partial charge is 0.227 e. The van der Waals surface area contributed by atoms with E-state index in [1.165, 1.54) is 0 Å². The van der Waals surface area contributed by atoms with E-state index >= 15 is 0 Å². The van der Waals surface area contributed by atoms with Crippen molar-refractivity contribution in [3.05, 3.63) is 23.8 Å². The molecule has 3 rings (SSSR count). The Bertz CT molecular complexity index is 545. The molecule has 1 saturated carbocycles. The van der Waals surface area contributed by atoms with E-state index in [0.29, 0.717) is 25.3 Å². The van der Waals surface area contributed by atoms with E-state index in [0.717, 1.165) is 30.6 Å². The summed E-state index contributed by atoms with van der Waals surface area (Å²) >= 11 is 0. The molecule has 0 bridgehead atoms. The van der Waals surface area contributed by atoms with Crippen LogP contribution in [-0.4, -0.2) is 50.3 Å². The first kappa shape index (κ1) is 15.2. The third-order valence-electron chi connectivity index (χ3n) is 4.64. The number of methoxy groups -OCH3 is 2. The van der Waals surface area contributed by atoms with Crippen molar-refractivity contribution in [2.24, 2.45) is 0 Å². The summed E-state index contributed by atoms with van der Waals surface area (Å²) in [7, 11) is 3.23. The van der Waals surface area contributed by atoms with Crippen LogP contribution in [0.5, 0.6) is 11.5 Å². The van der Waals surface area contributed by atoms with Crippen molar-refractivity contribution >= 4 is 5.91 Å². The number of amides is 1. The summed E-state index contributed by atoms with van der Waals surface area (Å²) in [6, 6.07) is 5.84. The number of fused-ring (bicyclic) bond motifs is 1. The number of carbonyl (C=O) groups excluding carboxylic acids is 1. The standard InChI is InChI=1S/C17H23NO4/c1-20-13-7-6-12(16(11-13)21-2)10-17(19)18-8-9-22-15-5-3-4-14(15)18/h6-7,11,14-15H,3-5,8-10H2,1-2H3/t14-,15-/m0/s1. The first-order valence-electron chi connectivity index (χ1n) is 7.85. The molecule has 5 heteroatoms. The minimum atomic E-state index is 0.156. The Balaban J connectivity index is 1.73. The maximum Gasteiger partial charge on any atom is 0.227 e. The lowest BCUT2D eigenvalue weighted by molar-refractivity contribution is -0.143. The molecule has 1 aliphatic carbocycles. The third kappa shape index (κ3) is 2.90. The first-order valence-corrected chi connectivity index (χ1v) is 7.85. The highest BCUT2D eigenvalue weighted by Gasteiger charge is 2.38. The van der Waals surface area contributed by atoms with Gasteiger partial charge in [-0.1, -0.05) is 6.07 Å². The summed E-state index contributed by atoms with van der Waals surface area (Å²) in [6.45, 7) is 1.34. The fourth-order valence-electron chi connectivity index (χ4n) is 3.50. The van der Waals surface area contributed by atoms with Crippen LogP contribution in [0.25, 0.3) is 0 Å². The molecule has 2 fully saturated rings. The largest absolute Gasteiger partial charge is 0.497 e. The number of ether oxygens (including phenoxy) is 3. The molecule has 1 heterocycles. The van der Waals surface area contributed by atoms with E-state index in [2.05, 4.69) is 0 Å². The fourth-order valence-corrected chi connectivity index (χ4v) is 3.50. The number of rotatable bonds is 4. The van der Waals surface area contributed by atoms with E-state index in [4.69, 9.17) is 14.2 Å². The average Bonchev–Trinajstić information content (AvgIpc) is 3.03. The van der Waals surface area contributed by atoms with Crippen molar-refractivity contribution in [3.8, 4) is 11.5 Å². The van der Waals surface area contributed by atoms with Gasteiger partial charge in [-0.05, 0) is 25.3 Å². The summed E-state index contributed by atoms with van der Waals surface area (Å²) < 4.78 is 16.4. The van der Waals surface area contributed by atoms with Crippen molar-refractivity contribution in [1.82, 2.24) is 4.90 Å². The minimum absolute atomic E-state index is 0.156. The first-order chi connectivity index (χ1) is 10.7. The highest BCUT2D eigenvalue weighted by Crippen LogP contribution is 2.31. The van der Waals surface area contributed by atoms with Crippen molar-refractivity contribution in [2.75, 3.05) is 27.4 Å². The van der Waals surface area contributed by atoms with Gasteiger partial charge in [0.2, 0.25) is 5.91 Å². The third-order valence-corrected chi connectivity index (χ3v) is 4.64. The van der Waals surface area contributed by atoms with E-state index in [-0.39, 0.29) is 18.1 Å². The van der Waals surface area contributed by atoms with Crippen LogP contribution in [0.2, 0.25) is 0 Å². The van der Waals surface area contributed by atoms with Crippen LogP contribution >= 0.6 is 0 Å². The van der Waals surface area contributed by atoms with Gasteiger partial charge in [0.1, 0.15) is 11.5 Å². The zero-order valence-corrected chi connectivity index (χ0v) is 13.2. The van der Waals surface area contributed by atoms with E-state index < -0.39 is 0 Å². The Morgan fingerprint density at radius 1 is 1.32 bits per heavy atom. The Hall–Kier alpha value is -1.75. The Morgan fingerprint density at radius 3 is 2.95 bits per heavy atom. The summed E-state index contributed by atoms with van der Waals surface area (Å²) in [5, 5.41) is 0. The normalized spacial score (nSPS) is 24.0. The molecule has 0 aromatic heterocycles. The average molecular weight is 305 g/mol. The molecule has 0 N–H and O–H groups in total. The van der Waals surface area contributed by atoms with Gasteiger partial charge in [-0.25, -0.2) is 0 Å². The van der Waals surface area contributed by atoms with Crippen molar-refractivity contribution < 1.29 is 19.0 Å². The molecule has 120 valence electrons. The van der Waals surface area contributed by atoms with Crippen LogP contribution in [0.3, 0.4) is 0 Å². The van der Waals surface area contributed by atoms with Gasteiger partial charge in [0.15, 0.2) is 0 Å². The van der Waals surface area contributed by atoms with Crippen molar-refractivity contribution in [1.29, 1.82) is 0 Å². The highest BCUT2D eigenvalue weighted by molar-refractivity contribution is 5.80. The zero-order valence-electron chi connectivity index (χ0n) is 13.2. The van der Waals surface area contributed by atoms with Gasteiger partial charge in [0, 0.05) is 18.2 Å². The number of carbonyl (C=O) groups is 1. The lowest BCUT2D eigenvalue weighted by atomic mass is 10.1. The van der Waals surface area contributed by atoms with Crippen molar-refractivity contribution in [3.63, 3.8) is 0 Å². The minimum Gasteiger partial charge on any atom is -0.497 e. The lowest BCUT2D eigenvalue weighted by Gasteiger charge is -2.37. The van der Waals surface area contributed by atoms with Crippen LogP contribution in [0, 0.1) is 0 Å². The monoisotopic (exact) mass is 305 g/mol. The van der Waals surface area contributed by atoms with Crippen LogP contribution in [-0.2, 0) is 16.0 Å². The molecule has 5 nitrogen and oxygen atoms in total. The molecule has 0 unspecified atom stereocenters. The molecule has 2 aliphatic rings. The molecule has 1 aromatic carbocycles. The van der Waals surface area contributed by atoms with Crippen LogP contribution in [0.15, 0.2) is 18.2 Å². The Labute approximate surface area is 131 Å². The van der Waals surface area contributed by atoms with Crippen molar-refractivity contribution in [2.45, 2.75) is 37.8 Å². The summed E-state index contributed by atoms with van der Waals surface area (Å²) in [5.41, 5.74) is 0.898. The second-order valence-electron chi connectivity index (χ2n) is 5.85. The molecule has 1 amide bonds. The number of nitrogens with zero attached hydrogens (tertiary/aromatic N) is 1. The Morgan fingerprint density at radius 2 is 2.18 bits per heavy atom. The molecule has 2 atom stereocenters. The predicted molar refractivity (Wildman–Crippen MR) is 82.3 cm³/mol. The maximum absolute atomic E-state index is 12.7. The number of hydrogen-bond donors (Lipinski definition) is 0. The lowest BCUT2D eigenvalue weighted by Crippen LogP contribution is -2.51. The van der Waals surface area contributed by atoms with E-state index in [9.17, 15) is 4.79 Å². The van der Waals surface area contributed by atoms with Gasteiger partial charge in [-0.15, -0.1) is 0 Å². The predicted octanol–water partition coefficient (Wildman–Crippen LogP) is 2.03. The SMILES string of the molecule is COc1ccc(CC(=O)N2CCO[C@H]3CCC[C@@H]32)c(OC)c1. The van der Waals surface area contributed by atoms with Gasteiger partial charge in [-0.3, -0.25) is 4.79 Å². The molecule has 0 radical (unpaired) electrons. The van der Waals surface area contributed by atoms with Gasteiger partial charge >= 0.3 is 0 Å². The fraction of sp³-hybridized carbons (Fsp3) is 0.588. The van der Waals surface area contributed by atoms with Gasteiger partial charge in [0.25, 0.3) is 0 Å². The number of benzene rings is 1. The quantitative estimate of drug-likeness (QED) is 0.854. The molecular weight excluding hydrogens is 282 g/mol. The molecule has 1 aliphatic heterocycles. The van der Waals surface area contributed by atoms with Crippen LogP contribution < -0.4 is 9.47 Å². The van der Waals surface area contributed by atoms with Gasteiger partial charge in [-0.2, -0.15) is 0 Å². The molecular formula is C17H23NO4. The van der Waals surface area contributed by atoms with Gasteiger partial charge in [0.05, 0.1) is 39.4 Å². The molecule has 22 heavy (non-hydrogen) atoms. The molecule has 0 spiro atoms. The summed E-state index contributed by atoms with van der Waals surface area (Å²) in [4.78, 5) is 14.7. The molecule has 1 aromatic rings. The highest BCUT2D eigenvalue weighted by atomic mass is 16.5. The zero-order chi connectivity index (χ0) is 15.5. The number of morpholine rings is 1. The van der Waals surface area contributed by atoms with Gasteiger partial charge < -0.3 is 19.1 Å².